The summed E-state index contributed by atoms with van der Waals surface area (Å²) in [6.07, 6.45) is 0.992. The van der Waals surface area contributed by atoms with Gasteiger partial charge in [0.15, 0.2) is 0 Å². The van der Waals surface area contributed by atoms with Crippen LogP contribution < -0.4 is 0 Å². The Hall–Kier alpha value is -5.98. The summed E-state index contributed by atoms with van der Waals surface area (Å²) in [5, 5.41) is 2.59. The molecule has 0 aromatic heterocycles. The van der Waals surface area contributed by atoms with E-state index >= 15 is 0 Å². The Morgan fingerprint density at radius 2 is 0.980 bits per heavy atom. The minimum atomic E-state index is 0.200. The molecule has 2 atom stereocenters. The molecule has 2 unspecified atom stereocenters. The molecule has 3 aliphatic carbocycles. The second kappa shape index (κ2) is 10.3. The van der Waals surface area contributed by atoms with Crippen molar-refractivity contribution in [2.24, 2.45) is 0 Å². The van der Waals surface area contributed by atoms with Crippen molar-refractivity contribution in [2.75, 3.05) is 0 Å². The van der Waals surface area contributed by atoms with E-state index in [-0.39, 0.29) is 11.8 Å². The van der Waals surface area contributed by atoms with E-state index in [0.29, 0.717) is 0 Å². The molecule has 0 N–H and O–H groups in total. The monoisotopic (exact) mass is 620 g/mol. The molecule has 8 aromatic carbocycles. The van der Waals surface area contributed by atoms with Crippen LogP contribution in [0.4, 0.5) is 0 Å². The quantitative estimate of drug-likeness (QED) is 0.184. The molecule has 0 heterocycles. The molecular formula is C49H32. The van der Waals surface area contributed by atoms with Crippen molar-refractivity contribution >= 4 is 10.8 Å². The standard InChI is InChI=1S/C49H32/c1-2-11-31(12-3-1)47-40-17-9-8-16-38(40)44-27-33(20-22-41(44)47)34-21-23-42-45(28-34)43-25-24-39-37-15-7-6-14-35(37)29-46(39)49(43)48(42)36-19-18-30-10-4-5-13-32(30)26-36/h1-28,47-48H,29H2. The highest BCUT2D eigenvalue weighted by atomic mass is 14.4. The minimum Gasteiger partial charge on any atom is -0.0622 e. The van der Waals surface area contributed by atoms with Gasteiger partial charge in [-0.3, -0.25) is 0 Å². The predicted molar refractivity (Wildman–Crippen MR) is 203 cm³/mol. The van der Waals surface area contributed by atoms with Crippen LogP contribution in [0.5, 0.6) is 0 Å². The average Bonchev–Trinajstić information content (AvgIpc) is 3.82. The zero-order chi connectivity index (χ0) is 32.1. The van der Waals surface area contributed by atoms with E-state index in [2.05, 4.69) is 170 Å². The molecule has 228 valence electrons. The van der Waals surface area contributed by atoms with Gasteiger partial charge in [-0.05, 0) is 118 Å². The van der Waals surface area contributed by atoms with Crippen molar-refractivity contribution in [2.45, 2.75) is 18.3 Å². The number of rotatable bonds is 3. The summed E-state index contributed by atoms with van der Waals surface area (Å²) in [6, 6.07) is 64.0. The molecular weight excluding hydrogens is 589 g/mol. The summed E-state index contributed by atoms with van der Waals surface area (Å²) in [6.45, 7) is 0. The third-order valence-electron chi connectivity index (χ3n) is 11.5. The number of fused-ring (bicyclic) bond motifs is 11. The van der Waals surface area contributed by atoms with Gasteiger partial charge >= 0.3 is 0 Å². The van der Waals surface area contributed by atoms with E-state index in [1.54, 1.807) is 0 Å². The van der Waals surface area contributed by atoms with Gasteiger partial charge in [-0.2, -0.15) is 0 Å². The lowest BCUT2D eigenvalue weighted by atomic mass is 9.84. The molecule has 0 radical (unpaired) electrons. The van der Waals surface area contributed by atoms with E-state index in [9.17, 15) is 0 Å². The van der Waals surface area contributed by atoms with Gasteiger partial charge in [0.1, 0.15) is 0 Å². The molecule has 0 bridgehead atoms. The Labute approximate surface area is 287 Å². The first-order valence-electron chi connectivity index (χ1n) is 17.5. The zero-order valence-electron chi connectivity index (χ0n) is 27.0. The number of benzene rings is 8. The molecule has 0 saturated heterocycles. The first-order chi connectivity index (χ1) is 24.3. The van der Waals surface area contributed by atoms with Crippen molar-refractivity contribution in [3.8, 4) is 44.5 Å². The van der Waals surface area contributed by atoms with Gasteiger partial charge in [-0.15, -0.1) is 0 Å². The van der Waals surface area contributed by atoms with E-state index < -0.39 is 0 Å². The first kappa shape index (κ1) is 27.0. The highest BCUT2D eigenvalue weighted by molar-refractivity contribution is 5.93. The maximum atomic E-state index is 2.47. The third-order valence-corrected chi connectivity index (χ3v) is 11.5. The maximum absolute atomic E-state index is 2.47. The van der Waals surface area contributed by atoms with E-state index in [1.165, 1.54) is 99.8 Å². The Kier molecular flexibility index (Phi) is 5.66. The van der Waals surface area contributed by atoms with Gasteiger partial charge in [0.25, 0.3) is 0 Å². The fourth-order valence-electron chi connectivity index (χ4n) is 9.30. The fourth-order valence-corrected chi connectivity index (χ4v) is 9.30. The highest BCUT2D eigenvalue weighted by Gasteiger charge is 2.36. The summed E-state index contributed by atoms with van der Waals surface area (Å²) in [5.74, 6) is 0.466. The summed E-state index contributed by atoms with van der Waals surface area (Å²) in [5.41, 5.74) is 22.2. The summed E-state index contributed by atoms with van der Waals surface area (Å²) < 4.78 is 0. The van der Waals surface area contributed by atoms with Crippen molar-refractivity contribution in [3.05, 3.63) is 214 Å². The lowest BCUT2D eigenvalue weighted by Crippen LogP contribution is -2.03. The van der Waals surface area contributed by atoms with E-state index in [0.717, 1.165) is 6.42 Å². The van der Waals surface area contributed by atoms with E-state index in [4.69, 9.17) is 0 Å². The van der Waals surface area contributed by atoms with Gasteiger partial charge in [0, 0.05) is 11.8 Å². The number of hydrogen-bond acceptors (Lipinski definition) is 0. The number of hydrogen-bond donors (Lipinski definition) is 0. The average molecular weight is 621 g/mol. The lowest BCUT2D eigenvalue weighted by molar-refractivity contribution is 0.993. The molecule has 0 aliphatic heterocycles. The largest absolute Gasteiger partial charge is 0.0622 e. The highest BCUT2D eigenvalue weighted by Crippen LogP contribution is 2.55. The molecule has 11 rings (SSSR count). The fraction of sp³-hybridized carbons (Fsp3) is 0.0612. The van der Waals surface area contributed by atoms with Gasteiger partial charge < -0.3 is 0 Å². The maximum Gasteiger partial charge on any atom is 0.0355 e. The van der Waals surface area contributed by atoms with Crippen LogP contribution >= 0.6 is 0 Å². The molecule has 0 nitrogen and oxygen atoms in total. The molecule has 49 heavy (non-hydrogen) atoms. The van der Waals surface area contributed by atoms with Crippen LogP contribution in [0.1, 0.15) is 56.3 Å². The normalized spacial score (nSPS) is 16.1. The summed E-state index contributed by atoms with van der Waals surface area (Å²) in [7, 11) is 0. The SMILES string of the molecule is c1ccc(C2c3ccccc3-c3cc(-c4ccc5c(c4)-c4ccc6c(c4C5c4ccc5ccccc5c4)Cc4ccccc4-6)ccc32)cc1. The second-order valence-electron chi connectivity index (χ2n) is 14.0. The molecule has 3 aliphatic rings. The summed E-state index contributed by atoms with van der Waals surface area (Å²) >= 11 is 0. The van der Waals surface area contributed by atoms with Crippen LogP contribution in [0.3, 0.4) is 0 Å². The Balaban J connectivity index is 1.08. The van der Waals surface area contributed by atoms with Crippen molar-refractivity contribution in [3.63, 3.8) is 0 Å². The topological polar surface area (TPSA) is 0 Å². The van der Waals surface area contributed by atoms with Gasteiger partial charge in [0.2, 0.25) is 0 Å². The van der Waals surface area contributed by atoms with Gasteiger partial charge in [0.05, 0.1) is 0 Å². The van der Waals surface area contributed by atoms with E-state index in [1.807, 2.05) is 0 Å². The Morgan fingerprint density at radius 3 is 1.82 bits per heavy atom. The molecule has 0 saturated carbocycles. The molecule has 0 fully saturated rings. The Morgan fingerprint density at radius 1 is 0.347 bits per heavy atom. The van der Waals surface area contributed by atoms with Crippen LogP contribution in [-0.4, -0.2) is 0 Å². The molecule has 0 heteroatoms. The van der Waals surface area contributed by atoms with Crippen LogP contribution in [0.15, 0.2) is 170 Å². The lowest BCUT2D eigenvalue weighted by Gasteiger charge is -2.19. The molecule has 0 spiro atoms. The van der Waals surface area contributed by atoms with Crippen molar-refractivity contribution in [1.29, 1.82) is 0 Å². The zero-order valence-corrected chi connectivity index (χ0v) is 27.0. The van der Waals surface area contributed by atoms with Gasteiger partial charge in [-0.25, -0.2) is 0 Å². The van der Waals surface area contributed by atoms with Crippen LogP contribution in [-0.2, 0) is 6.42 Å². The van der Waals surface area contributed by atoms with Crippen molar-refractivity contribution < 1.29 is 0 Å². The van der Waals surface area contributed by atoms with Gasteiger partial charge in [-0.1, -0.05) is 158 Å². The van der Waals surface area contributed by atoms with Crippen LogP contribution in [0.25, 0.3) is 55.3 Å². The third kappa shape index (κ3) is 3.92. The minimum absolute atomic E-state index is 0.200. The molecule has 8 aromatic rings. The van der Waals surface area contributed by atoms with Crippen LogP contribution in [0.2, 0.25) is 0 Å². The second-order valence-corrected chi connectivity index (χ2v) is 14.0. The predicted octanol–water partition coefficient (Wildman–Crippen LogP) is 12.4. The first-order valence-corrected chi connectivity index (χ1v) is 17.5. The smallest absolute Gasteiger partial charge is 0.0355 e. The van der Waals surface area contributed by atoms with Crippen LogP contribution in [0, 0.1) is 0 Å². The molecule has 0 amide bonds. The van der Waals surface area contributed by atoms with Crippen molar-refractivity contribution in [1.82, 2.24) is 0 Å². The summed E-state index contributed by atoms with van der Waals surface area (Å²) in [4.78, 5) is 0. The Bertz CT molecular complexity index is 2640.